The first-order valence-electron chi connectivity index (χ1n) is 5.14. The van der Waals surface area contributed by atoms with Crippen LogP contribution in [0.3, 0.4) is 0 Å². The number of methoxy groups -OCH3 is 1. The topological polar surface area (TPSA) is 44.5 Å². The Hall–Kier alpha value is -1.22. The standard InChI is InChI=1S/C12H19NO2/c1-8(2)15-10-5-6-11(9(3)13)12(7-10)14-4/h5-9H,13H2,1-4H3/t9-/m1/s1. The van der Waals surface area contributed by atoms with Gasteiger partial charge < -0.3 is 15.2 Å². The van der Waals surface area contributed by atoms with Gasteiger partial charge >= 0.3 is 0 Å². The highest BCUT2D eigenvalue weighted by Gasteiger charge is 2.09. The number of benzene rings is 1. The van der Waals surface area contributed by atoms with Crippen LogP contribution in [0.4, 0.5) is 0 Å². The highest BCUT2D eigenvalue weighted by Crippen LogP contribution is 2.28. The van der Waals surface area contributed by atoms with Crippen molar-refractivity contribution in [2.24, 2.45) is 5.73 Å². The lowest BCUT2D eigenvalue weighted by atomic mass is 10.1. The van der Waals surface area contributed by atoms with Crippen LogP contribution in [0.15, 0.2) is 18.2 Å². The normalized spacial score (nSPS) is 12.7. The second-order valence-electron chi connectivity index (χ2n) is 3.86. The molecule has 0 unspecified atom stereocenters. The van der Waals surface area contributed by atoms with Gasteiger partial charge in [0.15, 0.2) is 0 Å². The van der Waals surface area contributed by atoms with Crippen LogP contribution in [0.5, 0.6) is 11.5 Å². The number of hydrogen-bond acceptors (Lipinski definition) is 3. The molecule has 1 atom stereocenters. The predicted molar refractivity (Wildman–Crippen MR) is 61.4 cm³/mol. The van der Waals surface area contributed by atoms with Gasteiger partial charge in [0.2, 0.25) is 0 Å². The number of nitrogens with two attached hydrogens (primary N) is 1. The third-order valence-electron chi connectivity index (χ3n) is 2.07. The van der Waals surface area contributed by atoms with Crippen molar-refractivity contribution in [3.63, 3.8) is 0 Å². The van der Waals surface area contributed by atoms with Gasteiger partial charge in [0.05, 0.1) is 13.2 Å². The monoisotopic (exact) mass is 209 g/mol. The molecule has 0 saturated heterocycles. The molecule has 0 amide bonds. The van der Waals surface area contributed by atoms with Gasteiger partial charge in [0.1, 0.15) is 11.5 Å². The average Bonchev–Trinajstić information content (AvgIpc) is 2.16. The molecule has 3 nitrogen and oxygen atoms in total. The Morgan fingerprint density at radius 3 is 2.33 bits per heavy atom. The van der Waals surface area contributed by atoms with Gasteiger partial charge in [-0.15, -0.1) is 0 Å². The van der Waals surface area contributed by atoms with Crippen molar-refractivity contribution in [1.82, 2.24) is 0 Å². The van der Waals surface area contributed by atoms with E-state index in [1.807, 2.05) is 39.0 Å². The minimum Gasteiger partial charge on any atom is -0.496 e. The minimum atomic E-state index is -0.0342. The fourth-order valence-corrected chi connectivity index (χ4v) is 1.41. The van der Waals surface area contributed by atoms with E-state index in [1.165, 1.54) is 0 Å². The summed E-state index contributed by atoms with van der Waals surface area (Å²) < 4.78 is 10.8. The molecule has 15 heavy (non-hydrogen) atoms. The largest absolute Gasteiger partial charge is 0.496 e. The number of rotatable bonds is 4. The summed E-state index contributed by atoms with van der Waals surface area (Å²) in [6.07, 6.45) is 0.163. The summed E-state index contributed by atoms with van der Waals surface area (Å²) in [7, 11) is 1.64. The van der Waals surface area contributed by atoms with Gasteiger partial charge in [0.25, 0.3) is 0 Å². The average molecular weight is 209 g/mol. The molecule has 0 radical (unpaired) electrons. The van der Waals surface area contributed by atoms with E-state index >= 15 is 0 Å². The van der Waals surface area contributed by atoms with Gasteiger partial charge in [-0.05, 0) is 26.8 Å². The van der Waals surface area contributed by atoms with E-state index in [0.717, 1.165) is 17.1 Å². The van der Waals surface area contributed by atoms with Crippen molar-refractivity contribution in [3.8, 4) is 11.5 Å². The SMILES string of the molecule is COc1cc(OC(C)C)ccc1[C@@H](C)N. The molecule has 2 N–H and O–H groups in total. The molecule has 1 rings (SSSR count). The Morgan fingerprint density at radius 1 is 1.20 bits per heavy atom. The van der Waals surface area contributed by atoms with E-state index in [1.54, 1.807) is 7.11 Å². The van der Waals surface area contributed by atoms with Gasteiger partial charge in [0, 0.05) is 17.7 Å². The Morgan fingerprint density at radius 2 is 1.87 bits per heavy atom. The van der Waals surface area contributed by atoms with E-state index in [-0.39, 0.29) is 12.1 Å². The summed E-state index contributed by atoms with van der Waals surface area (Å²) in [5.74, 6) is 1.59. The van der Waals surface area contributed by atoms with Crippen molar-refractivity contribution in [2.45, 2.75) is 32.9 Å². The second kappa shape index (κ2) is 5.03. The van der Waals surface area contributed by atoms with Crippen molar-refractivity contribution in [3.05, 3.63) is 23.8 Å². The first-order valence-corrected chi connectivity index (χ1v) is 5.14. The van der Waals surface area contributed by atoms with Gasteiger partial charge in [-0.2, -0.15) is 0 Å². The summed E-state index contributed by atoms with van der Waals surface area (Å²) >= 11 is 0. The maximum atomic E-state index is 5.82. The van der Waals surface area contributed by atoms with Crippen LogP contribution in [0.25, 0.3) is 0 Å². The molecule has 0 aliphatic rings. The molecule has 0 heterocycles. The van der Waals surface area contributed by atoms with Crippen LogP contribution < -0.4 is 15.2 Å². The van der Waals surface area contributed by atoms with Gasteiger partial charge in [-0.25, -0.2) is 0 Å². The van der Waals surface area contributed by atoms with E-state index in [9.17, 15) is 0 Å². The van der Waals surface area contributed by atoms with Gasteiger partial charge in [-0.1, -0.05) is 6.07 Å². The molecule has 0 saturated carbocycles. The lowest BCUT2D eigenvalue weighted by Gasteiger charge is -2.15. The van der Waals surface area contributed by atoms with Crippen LogP contribution in [0.1, 0.15) is 32.4 Å². The zero-order valence-electron chi connectivity index (χ0n) is 9.78. The molecule has 3 heteroatoms. The first-order chi connectivity index (χ1) is 7.04. The van der Waals surface area contributed by atoms with Gasteiger partial charge in [-0.3, -0.25) is 0 Å². The first kappa shape index (κ1) is 11.9. The Bertz CT molecular complexity index is 321. The molecule has 84 valence electrons. The molecule has 0 aliphatic carbocycles. The van der Waals surface area contributed by atoms with Crippen LogP contribution in [0, 0.1) is 0 Å². The Kier molecular flexibility index (Phi) is 3.97. The molecule has 0 fully saturated rings. The fraction of sp³-hybridized carbons (Fsp3) is 0.500. The molecular weight excluding hydrogens is 190 g/mol. The lowest BCUT2D eigenvalue weighted by Crippen LogP contribution is -2.09. The zero-order valence-corrected chi connectivity index (χ0v) is 9.78. The Balaban J connectivity index is 2.97. The minimum absolute atomic E-state index is 0.0342. The van der Waals surface area contributed by atoms with E-state index in [2.05, 4.69) is 0 Å². The zero-order chi connectivity index (χ0) is 11.4. The molecule has 0 bridgehead atoms. The quantitative estimate of drug-likeness (QED) is 0.828. The summed E-state index contributed by atoms with van der Waals surface area (Å²) in [6.45, 7) is 5.92. The third kappa shape index (κ3) is 3.13. The molecular formula is C12H19NO2. The smallest absolute Gasteiger partial charge is 0.127 e. The summed E-state index contributed by atoms with van der Waals surface area (Å²) in [5, 5.41) is 0. The number of ether oxygens (including phenoxy) is 2. The van der Waals surface area contributed by atoms with Crippen LogP contribution >= 0.6 is 0 Å². The predicted octanol–water partition coefficient (Wildman–Crippen LogP) is 2.50. The summed E-state index contributed by atoms with van der Waals surface area (Å²) in [4.78, 5) is 0. The van der Waals surface area contributed by atoms with E-state index < -0.39 is 0 Å². The van der Waals surface area contributed by atoms with Crippen LogP contribution in [0.2, 0.25) is 0 Å². The van der Waals surface area contributed by atoms with E-state index in [4.69, 9.17) is 15.2 Å². The van der Waals surface area contributed by atoms with Crippen LogP contribution in [-0.4, -0.2) is 13.2 Å². The molecule has 1 aromatic rings. The Labute approximate surface area is 91.2 Å². The van der Waals surface area contributed by atoms with E-state index in [0.29, 0.717) is 0 Å². The lowest BCUT2D eigenvalue weighted by molar-refractivity contribution is 0.241. The summed E-state index contributed by atoms with van der Waals surface area (Å²) in [6, 6.07) is 5.70. The molecule has 1 aromatic carbocycles. The maximum Gasteiger partial charge on any atom is 0.127 e. The highest BCUT2D eigenvalue weighted by molar-refractivity contribution is 5.42. The van der Waals surface area contributed by atoms with Crippen molar-refractivity contribution < 1.29 is 9.47 Å². The third-order valence-corrected chi connectivity index (χ3v) is 2.07. The molecule has 0 aromatic heterocycles. The molecule has 0 aliphatic heterocycles. The maximum absolute atomic E-state index is 5.82. The summed E-state index contributed by atoms with van der Waals surface area (Å²) in [5.41, 5.74) is 6.81. The number of hydrogen-bond donors (Lipinski definition) is 1. The van der Waals surface area contributed by atoms with Crippen molar-refractivity contribution >= 4 is 0 Å². The van der Waals surface area contributed by atoms with Crippen LogP contribution in [-0.2, 0) is 0 Å². The highest BCUT2D eigenvalue weighted by atomic mass is 16.5. The second-order valence-corrected chi connectivity index (χ2v) is 3.86. The fourth-order valence-electron chi connectivity index (χ4n) is 1.41. The van der Waals surface area contributed by atoms with Crippen molar-refractivity contribution in [2.75, 3.05) is 7.11 Å². The van der Waals surface area contributed by atoms with Crippen molar-refractivity contribution in [1.29, 1.82) is 0 Å². The molecule has 0 spiro atoms.